The summed E-state index contributed by atoms with van der Waals surface area (Å²) in [4.78, 5) is 16.5. The summed E-state index contributed by atoms with van der Waals surface area (Å²) >= 11 is 0. The molecule has 0 aliphatic rings. The Kier molecular flexibility index (Phi) is 35.9. The van der Waals surface area contributed by atoms with Gasteiger partial charge in [-0.25, -0.2) is 0 Å². The Morgan fingerprint density at radius 2 is 0.800 bits per heavy atom. The predicted octanol–water partition coefficient (Wildman–Crippen LogP) is -0.483. The van der Waals surface area contributed by atoms with Gasteiger partial charge in [0, 0.05) is 0 Å². The smallest absolute Gasteiger partial charge is 0.356 e. The van der Waals surface area contributed by atoms with E-state index >= 15 is 0 Å². The molecule has 0 fully saturated rings. The van der Waals surface area contributed by atoms with E-state index < -0.39 is 10.2 Å². The molecule has 0 rings (SSSR count). The largest absolute Gasteiger partial charge is 2.00 e. The van der Waals surface area contributed by atoms with Gasteiger partial charge in [-0.15, -0.1) is 0 Å². The van der Waals surface area contributed by atoms with Gasteiger partial charge in [0.25, 0.3) is 0 Å². The third-order valence-electron chi connectivity index (χ3n) is 0. The Balaban J connectivity index is -0.0000000300. The van der Waals surface area contributed by atoms with Crippen LogP contribution in [0.4, 0.5) is 0 Å². The fourth-order valence-corrected chi connectivity index (χ4v) is 0. The number of hydrogen-bond acceptors (Lipinski definition) is 6. The SMILES string of the molecule is O=[N+]([O-])[O-].O=[N+]([O-])[O-].[Fe+2].[Mn+2]. The van der Waals surface area contributed by atoms with Crippen molar-refractivity contribution in [3.63, 3.8) is 0 Å². The van der Waals surface area contributed by atoms with Gasteiger partial charge in [-0.2, -0.15) is 0 Å². The molecule has 0 atom stereocenters. The fourth-order valence-electron chi connectivity index (χ4n) is 0. The minimum absolute atomic E-state index is 0. The predicted molar refractivity (Wildman–Crippen MR) is 20.7 cm³/mol. The Labute approximate surface area is 75.4 Å². The minimum Gasteiger partial charge on any atom is -0.356 e. The summed E-state index contributed by atoms with van der Waals surface area (Å²) in [6.45, 7) is 0. The molecule has 0 bridgehead atoms. The molecule has 0 amide bonds. The summed E-state index contributed by atoms with van der Waals surface area (Å²) in [5.74, 6) is 0. The molecule has 8 nitrogen and oxygen atoms in total. The zero-order chi connectivity index (χ0) is 7.15. The van der Waals surface area contributed by atoms with Gasteiger partial charge in [0.1, 0.15) is 0 Å². The molecule has 0 aromatic rings. The molecule has 0 heterocycles. The van der Waals surface area contributed by atoms with Gasteiger partial charge in [0.15, 0.2) is 0 Å². The first-order valence-corrected chi connectivity index (χ1v) is 1.10. The first kappa shape index (κ1) is 22.7. The molecule has 1 radical (unpaired) electrons. The number of hydrogen-bond donors (Lipinski definition) is 0. The monoisotopic (exact) mass is 235 g/mol. The first-order chi connectivity index (χ1) is 3.46. The van der Waals surface area contributed by atoms with Gasteiger partial charge < -0.3 is 30.6 Å². The molecule has 0 aliphatic heterocycles. The van der Waals surface area contributed by atoms with E-state index in [2.05, 4.69) is 0 Å². The van der Waals surface area contributed by atoms with E-state index in [0.717, 1.165) is 0 Å². The summed E-state index contributed by atoms with van der Waals surface area (Å²) in [5, 5.41) is 29.5. The number of nitrogens with zero attached hydrogens (tertiary/aromatic N) is 2. The summed E-state index contributed by atoms with van der Waals surface area (Å²) in [6.07, 6.45) is 0. The second-order valence-electron chi connectivity index (χ2n) is 0.447. The maximum atomic E-state index is 8.25. The molecule has 0 spiro atoms. The van der Waals surface area contributed by atoms with E-state index in [-0.39, 0.29) is 34.1 Å². The normalized spacial score (nSPS) is 4.80. The standard InChI is InChI=1S/Fe.Mn.2NO3/c;;2*2-1(3)4/q2*+2;2*-1. The van der Waals surface area contributed by atoms with Crippen molar-refractivity contribution in [1.29, 1.82) is 0 Å². The van der Waals surface area contributed by atoms with Crippen LogP contribution in [-0.4, -0.2) is 10.2 Å². The van der Waals surface area contributed by atoms with Crippen molar-refractivity contribution in [2.75, 3.05) is 0 Å². The molecule has 10 heteroatoms. The van der Waals surface area contributed by atoms with Gasteiger partial charge >= 0.3 is 34.1 Å². The maximum Gasteiger partial charge on any atom is 2.00 e. The van der Waals surface area contributed by atoms with Crippen molar-refractivity contribution in [2.24, 2.45) is 0 Å². The van der Waals surface area contributed by atoms with Gasteiger partial charge in [-0.1, -0.05) is 0 Å². The van der Waals surface area contributed by atoms with Crippen LogP contribution in [0.15, 0.2) is 0 Å². The average Bonchev–Trinajstić information content (AvgIpc) is 1.25. The van der Waals surface area contributed by atoms with Crippen molar-refractivity contribution >= 4 is 0 Å². The van der Waals surface area contributed by atoms with Crippen LogP contribution in [0.5, 0.6) is 0 Å². The second-order valence-corrected chi connectivity index (χ2v) is 0.447. The van der Waals surface area contributed by atoms with Crippen LogP contribution in [0, 0.1) is 30.6 Å². The van der Waals surface area contributed by atoms with Crippen LogP contribution >= 0.6 is 0 Å². The van der Waals surface area contributed by atoms with E-state index in [9.17, 15) is 0 Å². The molecular formula is FeMnN2O6+2. The topological polar surface area (TPSA) is 132 Å². The summed E-state index contributed by atoms with van der Waals surface area (Å²) in [7, 11) is 0. The Morgan fingerprint density at radius 3 is 0.800 bits per heavy atom. The molecule has 0 saturated carbocycles. The summed E-state index contributed by atoms with van der Waals surface area (Å²) in [5.41, 5.74) is 0. The second kappa shape index (κ2) is 15.8. The van der Waals surface area contributed by atoms with Crippen molar-refractivity contribution in [3.05, 3.63) is 30.6 Å². The third kappa shape index (κ3) is 980. The van der Waals surface area contributed by atoms with Crippen LogP contribution in [-0.2, 0) is 34.1 Å². The molecule has 10 heavy (non-hydrogen) atoms. The van der Waals surface area contributed by atoms with E-state index in [1.165, 1.54) is 0 Å². The van der Waals surface area contributed by atoms with Gasteiger partial charge in [0.2, 0.25) is 0 Å². The van der Waals surface area contributed by atoms with Crippen molar-refractivity contribution in [3.8, 4) is 0 Å². The summed E-state index contributed by atoms with van der Waals surface area (Å²) < 4.78 is 0. The fraction of sp³-hybridized carbons (Fsp3) is 0. The van der Waals surface area contributed by atoms with Gasteiger partial charge in [-0.05, 0) is 0 Å². The molecule has 0 aromatic heterocycles. The Hall–Kier alpha value is -0.561. The summed E-state index contributed by atoms with van der Waals surface area (Å²) in [6, 6.07) is 0. The maximum absolute atomic E-state index is 8.25. The van der Waals surface area contributed by atoms with E-state index in [1.807, 2.05) is 0 Å². The molecule has 0 saturated heterocycles. The van der Waals surface area contributed by atoms with Crippen molar-refractivity contribution in [1.82, 2.24) is 0 Å². The molecule has 59 valence electrons. The molecule has 0 aliphatic carbocycles. The Morgan fingerprint density at radius 1 is 0.800 bits per heavy atom. The molecular weight excluding hydrogens is 235 g/mol. The van der Waals surface area contributed by atoms with Crippen molar-refractivity contribution < 1.29 is 44.3 Å². The van der Waals surface area contributed by atoms with Crippen LogP contribution in [0.2, 0.25) is 0 Å². The molecule has 0 aromatic carbocycles. The molecule has 0 N–H and O–H groups in total. The van der Waals surface area contributed by atoms with Crippen LogP contribution in [0.1, 0.15) is 0 Å². The van der Waals surface area contributed by atoms with Crippen molar-refractivity contribution in [2.45, 2.75) is 0 Å². The minimum atomic E-state index is -1.75. The Bertz CT molecular complexity index is 73.7. The first-order valence-electron chi connectivity index (χ1n) is 1.10. The van der Waals surface area contributed by atoms with Crippen LogP contribution < -0.4 is 0 Å². The van der Waals surface area contributed by atoms with Gasteiger partial charge in [-0.3, -0.25) is 0 Å². The van der Waals surface area contributed by atoms with E-state index in [4.69, 9.17) is 30.6 Å². The zero-order valence-electron chi connectivity index (χ0n) is 4.08. The quantitative estimate of drug-likeness (QED) is 0.316. The van der Waals surface area contributed by atoms with E-state index in [0.29, 0.717) is 0 Å². The van der Waals surface area contributed by atoms with E-state index in [1.54, 1.807) is 0 Å². The van der Waals surface area contributed by atoms with Gasteiger partial charge in [0.05, 0.1) is 10.2 Å². The molecule has 0 unspecified atom stereocenters. The number of rotatable bonds is 0. The van der Waals surface area contributed by atoms with Crippen LogP contribution in [0.3, 0.4) is 0 Å². The average molecular weight is 235 g/mol. The zero-order valence-corrected chi connectivity index (χ0v) is 6.36. The third-order valence-corrected chi connectivity index (χ3v) is 0. The van der Waals surface area contributed by atoms with Crippen LogP contribution in [0.25, 0.3) is 0 Å².